The van der Waals surface area contributed by atoms with Gasteiger partial charge in [-0.25, -0.2) is 4.57 Å². The normalized spacial score (nSPS) is 14.0. The predicted octanol–water partition coefficient (Wildman–Crippen LogP) is 14.8. The number of allylic oxidation sites excluding steroid dienone is 10. The van der Waals surface area contributed by atoms with Gasteiger partial charge in [0.2, 0.25) is 0 Å². The lowest BCUT2D eigenvalue weighted by Gasteiger charge is -2.21. The van der Waals surface area contributed by atoms with Crippen LogP contribution in [0.15, 0.2) is 60.8 Å². The summed E-state index contributed by atoms with van der Waals surface area (Å²) in [6, 6.07) is 0. The molecule has 0 amide bonds. The first-order valence-electron chi connectivity index (χ1n) is 26.2. The molecular formula is C54H95O11P. The van der Waals surface area contributed by atoms with Crippen molar-refractivity contribution >= 4 is 25.7 Å². The minimum atomic E-state index is -4.74. The predicted molar refractivity (Wildman–Crippen MR) is 270 cm³/mol. The van der Waals surface area contributed by atoms with Crippen molar-refractivity contribution in [2.24, 2.45) is 0 Å². The van der Waals surface area contributed by atoms with E-state index in [4.69, 9.17) is 23.3 Å². The van der Waals surface area contributed by atoms with E-state index in [0.717, 1.165) is 89.9 Å². The summed E-state index contributed by atoms with van der Waals surface area (Å²) < 4.78 is 39.3. The summed E-state index contributed by atoms with van der Waals surface area (Å²) in [7, 11) is -4.74. The Morgan fingerprint density at radius 2 is 0.788 bits per heavy atom. The van der Waals surface area contributed by atoms with E-state index in [1.807, 2.05) is 0 Å². The lowest BCUT2D eigenvalue weighted by atomic mass is 10.1. The molecule has 3 unspecified atom stereocenters. The Balaban J connectivity index is 4.77. The number of rotatable bonds is 48. The third-order valence-electron chi connectivity index (χ3n) is 10.9. The van der Waals surface area contributed by atoms with Crippen molar-refractivity contribution in [2.45, 2.75) is 238 Å². The van der Waals surface area contributed by atoms with Gasteiger partial charge in [-0.15, -0.1) is 0 Å². The van der Waals surface area contributed by atoms with E-state index in [1.54, 1.807) is 0 Å². The van der Waals surface area contributed by atoms with E-state index in [2.05, 4.69) is 81.5 Å². The van der Waals surface area contributed by atoms with Crippen molar-refractivity contribution in [3.63, 3.8) is 0 Å². The molecular weight excluding hydrogens is 856 g/mol. The number of unbranched alkanes of at least 4 members (excludes halogenated alkanes) is 21. The number of esters is 3. The minimum Gasteiger partial charge on any atom is -0.462 e. The molecule has 0 rings (SSSR count). The molecule has 2 N–H and O–H groups in total. The highest BCUT2D eigenvalue weighted by Gasteiger charge is 2.28. The highest BCUT2D eigenvalue weighted by Crippen LogP contribution is 2.43. The molecule has 66 heavy (non-hydrogen) atoms. The molecule has 0 bridgehead atoms. The van der Waals surface area contributed by atoms with Crippen LogP contribution in [0, 0.1) is 0 Å². The van der Waals surface area contributed by atoms with Crippen LogP contribution in [0.4, 0.5) is 0 Å². The lowest BCUT2D eigenvalue weighted by Crippen LogP contribution is -2.30. The highest BCUT2D eigenvalue weighted by molar-refractivity contribution is 7.47. The zero-order valence-corrected chi connectivity index (χ0v) is 42.8. The second-order valence-electron chi connectivity index (χ2n) is 17.3. The van der Waals surface area contributed by atoms with Crippen LogP contribution in [0.5, 0.6) is 0 Å². The number of phosphoric ester groups is 1. The summed E-state index contributed by atoms with van der Waals surface area (Å²) >= 11 is 0. The van der Waals surface area contributed by atoms with Crippen LogP contribution in [0.3, 0.4) is 0 Å². The number of aliphatic hydroxyl groups excluding tert-OH is 1. The van der Waals surface area contributed by atoms with Gasteiger partial charge in [0.15, 0.2) is 6.10 Å². The Hall–Kier alpha value is -2.82. The second-order valence-corrected chi connectivity index (χ2v) is 18.8. The van der Waals surface area contributed by atoms with Crippen LogP contribution in [0.25, 0.3) is 0 Å². The molecule has 0 aromatic carbocycles. The van der Waals surface area contributed by atoms with Gasteiger partial charge in [-0.3, -0.25) is 23.4 Å². The Kier molecular flexibility index (Phi) is 46.6. The standard InChI is InChI=1S/C54H95O11P/c1-4-7-10-13-16-19-21-23-24-25-26-28-29-32-34-37-40-43-52(56)61-47-51(65-54(58)45-42-39-36-33-30-27-22-20-17-14-11-8-5-2)49-63-66(59,60)62-48-50(46-55)64-53(57)44-41-38-35-31-18-15-12-9-6-3/h8,11,16-17,19-20,23-24,27,30,50-51,55H,4-7,9-10,12-15,18,21-22,25-26,28-29,31-49H2,1-3H3,(H,59,60)/b11-8-,19-16-,20-17-,24-23-,30-27-. The molecule has 0 saturated heterocycles. The Morgan fingerprint density at radius 1 is 0.439 bits per heavy atom. The van der Waals surface area contributed by atoms with E-state index >= 15 is 0 Å². The molecule has 11 nitrogen and oxygen atoms in total. The molecule has 0 aliphatic rings. The van der Waals surface area contributed by atoms with Crippen molar-refractivity contribution in [3.8, 4) is 0 Å². The molecule has 0 heterocycles. The Labute approximate surface area is 402 Å². The average molecular weight is 951 g/mol. The van der Waals surface area contributed by atoms with Crippen molar-refractivity contribution < 1.29 is 52.2 Å². The van der Waals surface area contributed by atoms with Crippen molar-refractivity contribution in [1.82, 2.24) is 0 Å². The summed E-state index contributed by atoms with van der Waals surface area (Å²) in [6.07, 6.45) is 50.6. The van der Waals surface area contributed by atoms with E-state index in [0.29, 0.717) is 19.3 Å². The number of hydrogen-bond donors (Lipinski definition) is 2. The maximum Gasteiger partial charge on any atom is 0.472 e. The summed E-state index contributed by atoms with van der Waals surface area (Å²) in [4.78, 5) is 48.2. The number of ether oxygens (including phenoxy) is 3. The van der Waals surface area contributed by atoms with Gasteiger partial charge in [-0.2, -0.15) is 0 Å². The second kappa shape index (κ2) is 48.6. The van der Waals surface area contributed by atoms with Gasteiger partial charge in [-0.1, -0.05) is 184 Å². The molecule has 0 aliphatic carbocycles. The zero-order valence-electron chi connectivity index (χ0n) is 41.9. The monoisotopic (exact) mass is 951 g/mol. The lowest BCUT2D eigenvalue weighted by molar-refractivity contribution is -0.161. The van der Waals surface area contributed by atoms with Crippen LogP contribution in [0.1, 0.15) is 226 Å². The van der Waals surface area contributed by atoms with Gasteiger partial charge < -0.3 is 24.2 Å². The summed E-state index contributed by atoms with van der Waals surface area (Å²) in [5.41, 5.74) is 0. The van der Waals surface area contributed by atoms with Gasteiger partial charge >= 0.3 is 25.7 Å². The third-order valence-corrected chi connectivity index (χ3v) is 11.9. The van der Waals surface area contributed by atoms with Crippen LogP contribution in [-0.2, 0) is 42.2 Å². The van der Waals surface area contributed by atoms with E-state index in [-0.39, 0.29) is 25.9 Å². The van der Waals surface area contributed by atoms with Gasteiger partial charge in [0.25, 0.3) is 0 Å². The average Bonchev–Trinajstić information content (AvgIpc) is 3.30. The van der Waals surface area contributed by atoms with Crippen molar-refractivity contribution in [1.29, 1.82) is 0 Å². The number of phosphoric acid groups is 1. The molecule has 0 aliphatic heterocycles. The van der Waals surface area contributed by atoms with E-state index in [9.17, 15) is 28.9 Å². The molecule has 0 spiro atoms. The van der Waals surface area contributed by atoms with Crippen LogP contribution in [-0.4, -0.2) is 66.5 Å². The highest BCUT2D eigenvalue weighted by atomic mass is 31.2. The van der Waals surface area contributed by atoms with Gasteiger partial charge in [-0.05, 0) is 83.5 Å². The maximum atomic E-state index is 12.8. The number of carbonyl (C=O) groups excluding carboxylic acids is 3. The summed E-state index contributed by atoms with van der Waals surface area (Å²) in [5.74, 6) is -1.51. The summed E-state index contributed by atoms with van der Waals surface area (Å²) in [6.45, 7) is 4.43. The molecule has 0 radical (unpaired) electrons. The number of aliphatic hydroxyl groups is 1. The third kappa shape index (κ3) is 46.3. The van der Waals surface area contributed by atoms with Crippen molar-refractivity contribution in [2.75, 3.05) is 26.4 Å². The first-order valence-corrected chi connectivity index (χ1v) is 27.7. The fourth-order valence-corrected chi connectivity index (χ4v) is 7.71. The molecule has 0 aromatic rings. The van der Waals surface area contributed by atoms with Crippen molar-refractivity contribution in [3.05, 3.63) is 60.8 Å². The van der Waals surface area contributed by atoms with Gasteiger partial charge in [0, 0.05) is 19.3 Å². The maximum absolute atomic E-state index is 12.8. The molecule has 382 valence electrons. The quantitative estimate of drug-likeness (QED) is 0.0197. The zero-order chi connectivity index (χ0) is 48.4. The smallest absolute Gasteiger partial charge is 0.462 e. The number of carbonyl (C=O) groups is 3. The fourth-order valence-electron chi connectivity index (χ4n) is 6.93. The molecule has 0 aromatic heterocycles. The largest absolute Gasteiger partial charge is 0.472 e. The van der Waals surface area contributed by atoms with Crippen LogP contribution < -0.4 is 0 Å². The summed E-state index contributed by atoms with van der Waals surface area (Å²) in [5, 5.41) is 9.74. The van der Waals surface area contributed by atoms with Gasteiger partial charge in [0.1, 0.15) is 12.7 Å². The molecule has 12 heteroatoms. The molecule has 0 fully saturated rings. The molecule has 3 atom stereocenters. The first kappa shape index (κ1) is 63.2. The van der Waals surface area contributed by atoms with Crippen LogP contribution in [0.2, 0.25) is 0 Å². The number of hydrogen-bond acceptors (Lipinski definition) is 10. The molecule has 0 saturated carbocycles. The van der Waals surface area contributed by atoms with Gasteiger partial charge in [0.05, 0.1) is 19.8 Å². The SMILES string of the molecule is CC/C=C\C/C=C\C/C=C\CCCCCC(=O)OC(COC(=O)CCCCCCCCC/C=C\C/C=C\CCCCC)COP(=O)(O)OCC(CO)OC(=O)CCCCCCCCCCC. The Bertz CT molecular complexity index is 1340. The Morgan fingerprint density at radius 3 is 1.26 bits per heavy atom. The van der Waals surface area contributed by atoms with E-state index < -0.39 is 57.8 Å². The topological polar surface area (TPSA) is 155 Å². The minimum absolute atomic E-state index is 0.131. The first-order chi connectivity index (χ1) is 32.2. The van der Waals surface area contributed by atoms with Crippen LogP contribution >= 0.6 is 7.82 Å². The van der Waals surface area contributed by atoms with E-state index in [1.165, 1.54) is 77.0 Å². The fraction of sp³-hybridized carbons (Fsp3) is 0.759.